The molecule has 8 nitrogen and oxygen atoms in total. The Hall–Kier alpha value is -3.39. The fraction of sp³-hybridized carbons (Fsp3) is 0.423. The molecule has 2 atom stereocenters. The van der Waals surface area contributed by atoms with E-state index in [1.54, 1.807) is 4.90 Å². The smallest absolute Gasteiger partial charge is 0.407 e. The van der Waals surface area contributed by atoms with E-state index in [1.165, 1.54) is 11.1 Å². The molecule has 0 spiro atoms. The molecule has 0 saturated carbocycles. The summed E-state index contributed by atoms with van der Waals surface area (Å²) >= 11 is 0. The van der Waals surface area contributed by atoms with Crippen molar-refractivity contribution in [3.63, 3.8) is 0 Å². The van der Waals surface area contributed by atoms with Crippen LogP contribution in [0.5, 0.6) is 0 Å². The van der Waals surface area contributed by atoms with E-state index in [9.17, 15) is 14.4 Å². The van der Waals surface area contributed by atoms with Crippen LogP contribution in [-0.4, -0.2) is 66.9 Å². The molecule has 2 amide bonds. The quantitative estimate of drug-likeness (QED) is 0.579. The van der Waals surface area contributed by atoms with Gasteiger partial charge in [-0.15, -0.1) is 0 Å². The SMILES string of the molecule is C[C@@H]1C[C@H](C(=O)O)CCN1C(=O)COCCNC(=O)OCC1c2ccccc2-c2ccccc21. The fourth-order valence-electron chi connectivity index (χ4n) is 4.88. The number of carbonyl (C=O) groups excluding carboxylic acids is 2. The number of hydrogen-bond donors (Lipinski definition) is 2. The van der Waals surface area contributed by atoms with Gasteiger partial charge in [-0.1, -0.05) is 48.5 Å². The van der Waals surface area contributed by atoms with E-state index < -0.39 is 18.0 Å². The van der Waals surface area contributed by atoms with Crippen molar-refractivity contribution in [2.24, 2.45) is 5.92 Å². The number of aliphatic carboxylic acids is 1. The molecule has 0 aromatic heterocycles. The molecule has 1 heterocycles. The lowest BCUT2D eigenvalue weighted by atomic mass is 9.92. The van der Waals surface area contributed by atoms with Crippen LogP contribution in [0.3, 0.4) is 0 Å². The van der Waals surface area contributed by atoms with Crippen LogP contribution in [0.15, 0.2) is 48.5 Å². The van der Waals surface area contributed by atoms with Crippen LogP contribution in [0.1, 0.15) is 36.8 Å². The van der Waals surface area contributed by atoms with Gasteiger partial charge in [0, 0.05) is 25.0 Å². The largest absolute Gasteiger partial charge is 0.481 e. The molecule has 1 aliphatic carbocycles. The van der Waals surface area contributed by atoms with Crippen molar-refractivity contribution in [2.75, 3.05) is 32.9 Å². The fourth-order valence-corrected chi connectivity index (χ4v) is 4.88. The highest BCUT2D eigenvalue weighted by Gasteiger charge is 2.32. The lowest BCUT2D eigenvalue weighted by molar-refractivity contribution is -0.149. The lowest BCUT2D eigenvalue weighted by Gasteiger charge is -2.36. The van der Waals surface area contributed by atoms with E-state index in [0.717, 1.165) is 11.1 Å². The minimum absolute atomic E-state index is 0.000668. The van der Waals surface area contributed by atoms with E-state index in [2.05, 4.69) is 29.6 Å². The second-order valence-corrected chi connectivity index (χ2v) is 8.80. The molecule has 2 aromatic rings. The molecule has 4 rings (SSSR count). The highest BCUT2D eigenvalue weighted by molar-refractivity contribution is 5.79. The Labute approximate surface area is 198 Å². The summed E-state index contributed by atoms with van der Waals surface area (Å²) in [6, 6.07) is 16.2. The zero-order chi connectivity index (χ0) is 24.1. The summed E-state index contributed by atoms with van der Waals surface area (Å²) in [5, 5.41) is 11.8. The van der Waals surface area contributed by atoms with Gasteiger partial charge in [-0.25, -0.2) is 4.79 Å². The second kappa shape index (κ2) is 10.7. The zero-order valence-electron chi connectivity index (χ0n) is 19.2. The average molecular weight is 467 g/mol. The first-order chi connectivity index (χ1) is 16.5. The van der Waals surface area contributed by atoms with Gasteiger partial charge < -0.3 is 24.8 Å². The molecular formula is C26H30N2O6. The summed E-state index contributed by atoms with van der Waals surface area (Å²) in [6.45, 7) is 2.80. The van der Waals surface area contributed by atoms with Crippen LogP contribution in [-0.2, 0) is 19.1 Å². The minimum Gasteiger partial charge on any atom is -0.481 e. The van der Waals surface area contributed by atoms with Gasteiger partial charge in [-0.3, -0.25) is 9.59 Å². The third-order valence-electron chi connectivity index (χ3n) is 6.63. The number of nitrogens with one attached hydrogen (secondary N) is 1. The number of fused-ring (bicyclic) bond motifs is 3. The van der Waals surface area contributed by atoms with Crippen molar-refractivity contribution in [3.8, 4) is 11.1 Å². The highest BCUT2D eigenvalue weighted by Crippen LogP contribution is 2.44. The number of alkyl carbamates (subject to hydrolysis) is 1. The zero-order valence-corrected chi connectivity index (χ0v) is 19.2. The molecule has 180 valence electrons. The van der Waals surface area contributed by atoms with Crippen LogP contribution in [0.4, 0.5) is 4.79 Å². The second-order valence-electron chi connectivity index (χ2n) is 8.80. The number of nitrogens with zero attached hydrogens (tertiary/aromatic N) is 1. The van der Waals surface area contributed by atoms with Gasteiger partial charge in [0.25, 0.3) is 0 Å². The topological polar surface area (TPSA) is 105 Å². The number of ether oxygens (including phenoxy) is 2. The summed E-state index contributed by atoms with van der Waals surface area (Å²) in [4.78, 5) is 37.4. The van der Waals surface area contributed by atoms with Crippen LogP contribution in [0.25, 0.3) is 11.1 Å². The molecule has 2 N–H and O–H groups in total. The molecule has 8 heteroatoms. The Morgan fingerprint density at radius 2 is 1.71 bits per heavy atom. The first kappa shape index (κ1) is 23.8. The van der Waals surface area contributed by atoms with Gasteiger partial charge in [-0.2, -0.15) is 0 Å². The van der Waals surface area contributed by atoms with Gasteiger partial charge in [0.2, 0.25) is 5.91 Å². The number of piperidine rings is 1. The predicted molar refractivity (Wildman–Crippen MR) is 125 cm³/mol. The van der Waals surface area contributed by atoms with E-state index in [0.29, 0.717) is 19.4 Å². The maximum Gasteiger partial charge on any atom is 0.407 e. The standard InChI is InChI=1S/C26H30N2O6/c1-17-14-18(25(30)31)10-12-28(17)24(29)16-33-13-11-27-26(32)34-15-23-21-8-4-2-6-19(21)20-7-3-5-9-22(20)23/h2-9,17-18,23H,10-16H2,1H3,(H,27,32)(H,30,31)/t17-,18-/m1/s1. The molecule has 1 saturated heterocycles. The van der Waals surface area contributed by atoms with Gasteiger partial charge in [0.05, 0.1) is 12.5 Å². The summed E-state index contributed by atoms with van der Waals surface area (Å²) in [6.07, 6.45) is 0.375. The Bertz CT molecular complexity index is 1010. The number of carbonyl (C=O) groups is 3. The van der Waals surface area contributed by atoms with Gasteiger partial charge in [-0.05, 0) is 42.0 Å². The molecule has 0 bridgehead atoms. The molecular weight excluding hydrogens is 436 g/mol. The number of hydrogen-bond acceptors (Lipinski definition) is 5. The van der Waals surface area contributed by atoms with Crippen molar-refractivity contribution >= 4 is 18.0 Å². The molecule has 2 aliphatic rings. The Morgan fingerprint density at radius 1 is 1.06 bits per heavy atom. The number of benzene rings is 2. The van der Waals surface area contributed by atoms with Crippen molar-refractivity contribution in [1.82, 2.24) is 10.2 Å². The van der Waals surface area contributed by atoms with E-state index in [4.69, 9.17) is 14.6 Å². The van der Waals surface area contributed by atoms with Crippen LogP contribution in [0, 0.1) is 5.92 Å². The van der Waals surface area contributed by atoms with Crippen LogP contribution in [0.2, 0.25) is 0 Å². The molecule has 1 fully saturated rings. The maximum atomic E-state index is 12.4. The Balaban J connectivity index is 1.16. The van der Waals surface area contributed by atoms with Gasteiger partial charge in [0.15, 0.2) is 0 Å². The summed E-state index contributed by atoms with van der Waals surface area (Å²) in [7, 11) is 0. The number of carboxylic acids is 1. The molecule has 34 heavy (non-hydrogen) atoms. The number of carboxylic acid groups (broad SMARTS) is 1. The van der Waals surface area contributed by atoms with Gasteiger partial charge in [0.1, 0.15) is 13.2 Å². The molecule has 2 aromatic carbocycles. The third-order valence-corrected chi connectivity index (χ3v) is 6.63. The highest BCUT2D eigenvalue weighted by atomic mass is 16.5. The van der Waals surface area contributed by atoms with Crippen molar-refractivity contribution in [1.29, 1.82) is 0 Å². The normalized spacial score (nSPS) is 19.3. The third kappa shape index (κ3) is 5.22. The first-order valence-corrected chi connectivity index (χ1v) is 11.6. The van der Waals surface area contributed by atoms with Crippen molar-refractivity contribution < 1.29 is 29.0 Å². The lowest BCUT2D eigenvalue weighted by Crippen LogP contribution is -2.47. The Kier molecular flexibility index (Phi) is 7.47. The Morgan fingerprint density at radius 3 is 2.32 bits per heavy atom. The maximum absolute atomic E-state index is 12.4. The van der Waals surface area contributed by atoms with Crippen LogP contribution >= 0.6 is 0 Å². The number of amides is 2. The monoisotopic (exact) mass is 466 g/mol. The molecule has 1 aliphatic heterocycles. The number of likely N-dealkylation sites (tertiary alicyclic amines) is 1. The number of rotatable bonds is 8. The van der Waals surface area contributed by atoms with E-state index in [-0.39, 0.29) is 44.2 Å². The minimum atomic E-state index is -0.811. The van der Waals surface area contributed by atoms with Gasteiger partial charge >= 0.3 is 12.1 Å². The first-order valence-electron chi connectivity index (χ1n) is 11.6. The van der Waals surface area contributed by atoms with E-state index in [1.807, 2.05) is 31.2 Å². The van der Waals surface area contributed by atoms with Crippen molar-refractivity contribution in [3.05, 3.63) is 59.7 Å². The van der Waals surface area contributed by atoms with Crippen molar-refractivity contribution in [2.45, 2.75) is 31.7 Å². The molecule has 0 radical (unpaired) electrons. The summed E-state index contributed by atoms with van der Waals surface area (Å²) in [5.41, 5.74) is 4.65. The summed E-state index contributed by atoms with van der Waals surface area (Å²) < 4.78 is 10.9. The average Bonchev–Trinajstić information content (AvgIpc) is 3.16. The predicted octanol–water partition coefficient (Wildman–Crippen LogP) is 3.25. The summed E-state index contributed by atoms with van der Waals surface area (Å²) in [5.74, 6) is -1.38. The molecule has 0 unspecified atom stereocenters. The van der Waals surface area contributed by atoms with Crippen LogP contribution < -0.4 is 5.32 Å². The van der Waals surface area contributed by atoms with E-state index >= 15 is 0 Å².